The molecule has 0 aromatic heterocycles. The number of nitrogens with zero attached hydrogens (tertiary/aromatic N) is 3. The summed E-state index contributed by atoms with van der Waals surface area (Å²) in [7, 11) is 0. The maximum absolute atomic E-state index is 10.9. The molecule has 0 unspecified atom stereocenters. The molecule has 0 spiro atoms. The van der Waals surface area contributed by atoms with Gasteiger partial charge in [-0.3, -0.25) is 4.79 Å². The molecule has 82 valence electrons. The number of ether oxygens (including phenoxy) is 1. The molecule has 16 heavy (non-hydrogen) atoms. The lowest BCUT2D eigenvalue weighted by Crippen LogP contribution is -2.19. The first-order valence-electron chi connectivity index (χ1n) is 5.01. The van der Waals surface area contributed by atoms with Gasteiger partial charge in [0.1, 0.15) is 12.1 Å². The summed E-state index contributed by atoms with van der Waals surface area (Å²) in [5.74, 6) is -0.351. The lowest BCUT2D eigenvalue weighted by atomic mass is 10.1. The Labute approximate surface area is 92.7 Å². The Morgan fingerprint density at radius 2 is 2.31 bits per heavy atom. The SMILES string of the molecule is CC(=O)O[C@H]1Cc2ccccc2[C@H]1N=[N+]=[N-]. The third kappa shape index (κ3) is 1.85. The van der Waals surface area contributed by atoms with Crippen molar-refractivity contribution in [3.63, 3.8) is 0 Å². The quantitative estimate of drug-likeness (QED) is 0.330. The molecule has 2 atom stereocenters. The van der Waals surface area contributed by atoms with E-state index < -0.39 is 6.04 Å². The second kappa shape index (κ2) is 4.24. The van der Waals surface area contributed by atoms with Gasteiger partial charge in [-0.1, -0.05) is 29.4 Å². The molecule has 0 amide bonds. The topological polar surface area (TPSA) is 75.1 Å². The third-order valence-corrected chi connectivity index (χ3v) is 2.64. The highest BCUT2D eigenvalue weighted by Crippen LogP contribution is 2.36. The van der Waals surface area contributed by atoms with Gasteiger partial charge in [0, 0.05) is 18.3 Å². The van der Waals surface area contributed by atoms with E-state index in [9.17, 15) is 4.79 Å². The average molecular weight is 217 g/mol. The van der Waals surface area contributed by atoms with Crippen molar-refractivity contribution < 1.29 is 9.53 Å². The number of carbonyl (C=O) groups excluding carboxylic acids is 1. The summed E-state index contributed by atoms with van der Waals surface area (Å²) in [6, 6.07) is 7.26. The summed E-state index contributed by atoms with van der Waals surface area (Å²) in [5, 5.41) is 3.70. The molecule has 0 fully saturated rings. The van der Waals surface area contributed by atoms with Crippen LogP contribution in [0.5, 0.6) is 0 Å². The largest absolute Gasteiger partial charge is 0.461 e. The number of azide groups is 1. The maximum Gasteiger partial charge on any atom is 0.302 e. The van der Waals surface area contributed by atoms with Crippen LogP contribution in [0.25, 0.3) is 10.4 Å². The van der Waals surface area contributed by atoms with Gasteiger partial charge >= 0.3 is 5.97 Å². The highest BCUT2D eigenvalue weighted by molar-refractivity contribution is 5.66. The molecule has 0 bridgehead atoms. The Morgan fingerprint density at radius 3 is 3.00 bits per heavy atom. The molecule has 1 aliphatic carbocycles. The first kappa shape index (κ1) is 10.5. The molecule has 0 radical (unpaired) electrons. The van der Waals surface area contributed by atoms with Crippen molar-refractivity contribution >= 4 is 5.97 Å². The Kier molecular flexibility index (Phi) is 2.79. The van der Waals surface area contributed by atoms with E-state index >= 15 is 0 Å². The van der Waals surface area contributed by atoms with Crippen molar-refractivity contribution in [1.29, 1.82) is 0 Å². The van der Waals surface area contributed by atoms with E-state index in [1.165, 1.54) is 6.92 Å². The second-order valence-corrected chi connectivity index (χ2v) is 3.70. The minimum Gasteiger partial charge on any atom is -0.461 e. The van der Waals surface area contributed by atoms with E-state index in [1.807, 2.05) is 24.3 Å². The summed E-state index contributed by atoms with van der Waals surface area (Å²) < 4.78 is 5.16. The highest BCUT2D eigenvalue weighted by Gasteiger charge is 2.33. The van der Waals surface area contributed by atoms with Gasteiger partial charge in [-0.25, -0.2) is 0 Å². The molecule has 0 saturated heterocycles. The molecular formula is C11H11N3O2. The number of benzene rings is 1. The third-order valence-electron chi connectivity index (χ3n) is 2.64. The Bertz CT molecular complexity index is 466. The summed E-state index contributed by atoms with van der Waals surface area (Å²) in [5.41, 5.74) is 10.5. The van der Waals surface area contributed by atoms with Gasteiger partial charge in [0.15, 0.2) is 0 Å². The smallest absolute Gasteiger partial charge is 0.302 e. The molecule has 0 saturated carbocycles. The molecule has 0 N–H and O–H groups in total. The summed E-state index contributed by atoms with van der Waals surface area (Å²) in [4.78, 5) is 13.8. The Balaban J connectivity index is 2.33. The van der Waals surface area contributed by atoms with Crippen molar-refractivity contribution in [3.8, 4) is 0 Å². The van der Waals surface area contributed by atoms with Crippen molar-refractivity contribution in [3.05, 3.63) is 45.8 Å². The van der Waals surface area contributed by atoms with Crippen LogP contribution >= 0.6 is 0 Å². The first-order valence-corrected chi connectivity index (χ1v) is 5.01. The first-order chi connectivity index (χ1) is 7.72. The van der Waals surface area contributed by atoms with Crippen LogP contribution in [0.15, 0.2) is 29.4 Å². The second-order valence-electron chi connectivity index (χ2n) is 3.70. The molecule has 2 rings (SSSR count). The molecule has 1 aliphatic rings. The fourth-order valence-corrected chi connectivity index (χ4v) is 2.05. The van der Waals surface area contributed by atoms with Crippen LogP contribution in [0, 0.1) is 0 Å². The van der Waals surface area contributed by atoms with Crippen molar-refractivity contribution in [1.82, 2.24) is 0 Å². The molecule has 1 aromatic carbocycles. The van der Waals surface area contributed by atoms with Crippen molar-refractivity contribution in [2.45, 2.75) is 25.5 Å². The van der Waals surface area contributed by atoms with E-state index in [0.29, 0.717) is 6.42 Å². The summed E-state index contributed by atoms with van der Waals surface area (Å²) in [6.07, 6.45) is 0.241. The molecule has 5 heteroatoms. The predicted molar refractivity (Wildman–Crippen MR) is 57.6 cm³/mol. The predicted octanol–water partition coefficient (Wildman–Crippen LogP) is 2.53. The zero-order chi connectivity index (χ0) is 11.5. The van der Waals surface area contributed by atoms with E-state index in [2.05, 4.69) is 10.0 Å². The van der Waals surface area contributed by atoms with E-state index in [0.717, 1.165) is 11.1 Å². The lowest BCUT2D eigenvalue weighted by molar-refractivity contribution is -0.146. The lowest BCUT2D eigenvalue weighted by Gasteiger charge is -2.15. The van der Waals surface area contributed by atoms with Crippen LogP contribution in [0.1, 0.15) is 24.1 Å². The Morgan fingerprint density at radius 1 is 1.56 bits per heavy atom. The zero-order valence-corrected chi connectivity index (χ0v) is 8.83. The standard InChI is InChI=1S/C11H11N3O2/c1-7(15)16-10-6-8-4-2-3-5-9(8)11(10)13-14-12/h2-5,10-11H,6H2,1H3/t10-,11+/m0/s1. The normalized spacial score (nSPS) is 22.1. The number of hydrogen-bond donors (Lipinski definition) is 0. The van der Waals surface area contributed by atoms with Gasteiger partial charge in [-0.05, 0) is 16.7 Å². The molecule has 0 heterocycles. The van der Waals surface area contributed by atoms with E-state index in [4.69, 9.17) is 10.3 Å². The van der Waals surface area contributed by atoms with Crippen LogP contribution in [0.3, 0.4) is 0 Å². The minimum atomic E-state index is -0.398. The van der Waals surface area contributed by atoms with Crippen LogP contribution < -0.4 is 0 Å². The van der Waals surface area contributed by atoms with Gasteiger partial charge in [0.2, 0.25) is 0 Å². The van der Waals surface area contributed by atoms with E-state index in [1.54, 1.807) is 0 Å². The number of rotatable bonds is 2. The van der Waals surface area contributed by atoms with Gasteiger partial charge in [0.25, 0.3) is 0 Å². The number of esters is 1. The molecular weight excluding hydrogens is 206 g/mol. The van der Waals surface area contributed by atoms with Crippen molar-refractivity contribution in [2.75, 3.05) is 0 Å². The Hall–Kier alpha value is -2.00. The molecule has 1 aromatic rings. The fraction of sp³-hybridized carbons (Fsp3) is 0.364. The van der Waals surface area contributed by atoms with Gasteiger partial charge in [0.05, 0.1) is 0 Å². The highest BCUT2D eigenvalue weighted by atomic mass is 16.5. The van der Waals surface area contributed by atoms with Crippen LogP contribution in [-0.4, -0.2) is 12.1 Å². The number of hydrogen-bond acceptors (Lipinski definition) is 3. The van der Waals surface area contributed by atoms with Crippen molar-refractivity contribution in [2.24, 2.45) is 5.11 Å². The number of fused-ring (bicyclic) bond motifs is 1. The average Bonchev–Trinajstić information content (AvgIpc) is 2.57. The maximum atomic E-state index is 10.9. The monoisotopic (exact) mass is 217 g/mol. The van der Waals surface area contributed by atoms with Gasteiger partial charge < -0.3 is 4.74 Å². The van der Waals surface area contributed by atoms with Crippen LogP contribution in [0.4, 0.5) is 0 Å². The van der Waals surface area contributed by atoms with Gasteiger partial charge in [-0.15, -0.1) is 0 Å². The van der Waals surface area contributed by atoms with Crippen LogP contribution in [-0.2, 0) is 16.0 Å². The fourth-order valence-electron chi connectivity index (χ4n) is 2.05. The zero-order valence-electron chi connectivity index (χ0n) is 8.83. The molecule has 0 aliphatic heterocycles. The summed E-state index contributed by atoms with van der Waals surface area (Å²) in [6.45, 7) is 1.36. The number of carbonyl (C=O) groups is 1. The van der Waals surface area contributed by atoms with Gasteiger partial charge in [-0.2, -0.15) is 0 Å². The summed E-state index contributed by atoms with van der Waals surface area (Å²) >= 11 is 0. The molecule has 5 nitrogen and oxygen atoms in total. The minimum absolute atomic E-state index is 0.351. The van der Waals surface area contributed by atoms with E-state index in [-0.39, 0.29) is 12.1 Å². The van der Waals surface area contributed by atoms with Crippen LogP contribution in [0.2, 0.25) is 0 Å².